The molecule has 1 amide bonds. The van der Waals surface area contributed by atoms with Crippen LogP contribution in [0.25, 0.3) is 0 Å². The molecule has 2 aliphatic heterocycles. The summed E-state index contributed by atoms with van der Waals surface area (Å²) in [6.45, 7) is 2.70. The highest BCUT2D eigenvalue weighted by Crippen LogP contribution is 2.32. The molecule has 2 heterocycles. The van der Waals surface area contributed by atoms with E-state index >= 15 is 0 Å². The Morgan fingerprint density at radius 3 is 3.11 bits per heavy atom. The van der Waals surface area contributed by atoms with Crippen LogP contribution in [-0.4, -0.2) is 32.3 Å². The average molecular weight is 262 g/mol. The number of amides is 1. The van der Waals surface area contributed by atoms with E-state index in [1.54, 1.807) is 0 Å². The van der Waals surface area contributed by atoms with E-state index in [0.29, 0.717) is 13.3 Å². The van der Waals surface area contributed by atoms with Crippen molar-refractivity contribution >= 4 is 5.91 Å². The van der Waals surface area contributed by atoms with Crippen LogP contribution in [0, 0.1) is 5.92 Å². The first-order valence-electron chi connectivity index (χ1n) is 6.70. The van der Waals surface area contributed by atoms with Gasteiger partial charge in [-0.3, -0.25) is 4.79 Å². The fourth-order valence-electron chi connectivity index (χ4n) is 2.45. The predicted molar refractivity (Wildman–Crippen MR) is 70.3 cm³/mol. The molecule has 3 rings (SSSR count). The van der Waals surface area contributed by atoms with Gasteiger partial charge in [0.2, 0.25) is 12.7 Å². The molecule has 1 fully saturated rings. The van der Waals surface area contributed by atoms with Crippen molar-refractivity contribution in [1.29, 1.82) is 0 Å². The standard InChI is InChI=1S/C14H18N2O3/c17-14(11-4-5-15-8-11)16-6-3-10-1-2-12-13(7-10)19-9-18-12/h1-2,7,11,15H,3-6,8-9H2,(H,16,17). The Balaban J connectivity index is 1.48. The molecule has 19 heavy (non-hydrogen) atoms. The molecule has 1 saturated heterocycles. The third kappa shape index (κ3) is 2.81. The lowest BCUT2D eigenvalue weighted by molar-refractivity contribution is -0.124. The van der Waals surface area contributed by atoms with Crippen LogP contribution in [-0.2, 0) is 11.2 Å². The van der Waals surface area contributed by atoms with Gasteiger partial charge in [0.25, 0.3) is 0 Å². The molecule has 1 atom stereocenters. The molecule has 1 aromatic carbocycles. The number of carbonyl (C=O) groups excluding carboxylic acids is 1. The molecule has 2 aliphatic rings. The number of nitrogens with one attached hydrogen (secondary N) is 2. The van der Waals surface area contributed by atoms with Crippen molar-refractivity contribution in [3.8, 4) is 11.5 Å². The minimum atomic E-state index is 0.136. The van der Waals surface area contributed by atoms with Gasteiger partial charge < -0.3 is 20.1 Å². The van der Waals surface area contributed by atoms with E-state index < -0.39 is 0 Å². The summed E-state index contributed by atoms with van der Waals surface area (Å²) in [5.74, 6) is 1.89. The number of hydrogen-bond donors (Lipinski definition) is 2. The summed E-state index contributed by atoms with van der Waals surface area (Å²) in [7, 11) is 0. The van der Waals surface area contributed by atoms with Gasteiger partial charge in [-0.05, 0) is 37.1 Å². The third-order valence-electron chi connectivity index (χ3n) is 3.58. The molecule has 5 nitrogen and oxygen atoms in total. The van der Waals surface area contributed by atoms with Gasteiger partial charge in [-0.15, -0.1) is 0 Å². The Hall–Kier alpha value is -1.75. The monoisotopic (exact) mass is 262 g/mol. The number of rotatable bonds is 4. The van der Waals surface area contributed by atoms with Gasteiger partial charge in [-0.2, -0.15) is 0 Å². The van der Waals surface area contributed by atoms with Gasteiger partial charge in [-0.1, -0.05) is 6.07 Å². The van der Waals surface area contributed by atoms with Crippen LogP contribution in [0.2, 0.25) is 0 Å². The summed E-state index contributed by atoms with van der Waals surface area (Å²) in [5.41, 5.74) is 1.15. The van der Waals surface area contributed by atoms with E-state index in [1.165, 1.54) is 0 Å². The summed E-state index contributed by atoms with van der Waals surface area (Å²) in [5, 5.41) is 6.19. The summed E-state index contributed by atoms with van der Waals surface area (Å²) < 4.78 is 10.6. The molecular formula is C14H18N2O3. The van der Waals surface area contributed by atoms with Crippen LogP contribution in [0.1, 0.15) is 12.0 Å². The Kier molecular flexibility index (Phi) is 3.55. The molecule has 1 aromatic rings. The van der Waals surface area contributed by atoms with Crippen LogP contribution in [0.3, 0.4) is 0 Å². The van der Waals surface area contributed by atoms with Crippen LogP contribution < -0.4 is 20.1 Å². The minimum Gasteiger partial charge on any atom is -0.454 e. The summed E-state index contributed by atoms with van der Waals surface area (Å²) in [6.07, 6.45) is 1.75. The maximum atomic E-state index is 11.8. The van der Waals surface area contributed by atoms with E-state index in [9.17, 15) is 4.79 Å². The van der Waals surface area contributed by atoms with Crippen molar-refractivity contribution in [2.45, 2.75) is 12.8 Å². The molecule has 2 N–H and O–H groups in total. The van der Waals surface area contributed by atoms with Gasteiger partial charge in [0.1, 0.15) is 0 Å². The SMILES string of the molecule is O=C(NCCc1ccc2c(c1)OCO2)C1CCNC1. The van der Waals surface area contributed by atoms with E-state index in [1.807, 2.05) is 18.2 Å². The van der Waals surface area contributed by atoms with E-state index in [2.05, 4.69) is 10.6 Å². The quantitative estimate of drug-likeness (QED) is 0.838. The lowest BCUT2D eigenvalue weighted by Crippen LogP contribution is -2.33. The van der Waals surface area contributed by atoms with Crippen molar-refractivity contribution < 1.29 is 14.3 Å². The number of hydrogen-bond acceptors (Lipinski definition) is 4. The lowest BCUT2D eigenvalue weighted by atomic mass is 10.1. The van der Waals surface area contributed by atoms with Crippen molar-refractivity contribution in [3.63, 3.8) is 0 Å². The normalized spacial score (nSPS) is 20.5. The molecular weight excluding hydrogens is 244 g/mol. The van der Waals surface area contributed by atoms with Gasteiger partial charge in [0.05, 0.1) is 5.92 Å². The van der Waals surface area contributed by atoms with E-state index in [-0.39, 0.29) is 11.8 Å². The first-order valence-corrected chi connectivity index (χ1v) is 6.70. The second-order valence-electron chi connectivity index (χ2n) is 4.92. The molecule has 0 aliphatic carbocycles. The Morgan fingerprint density at radius 1 is 1.37 bits per heavy atom. The smallest absolute Gasteiger partial charge is 0.231 e. The maximum absolute atomic E-state index is 11.8. The Labute approximate surface area is 112 Å². The van der Waals surface area contributed by atoms with E-state index in [4.69, 9.17) is 9.47 Å². The molecule has 0 radical (unpaired) electrons. The van der Waals surface area contributed by atoms with Crippen LogP contribution in [0.15, 0.2) is 18.2 Å². The van der Waals surface area contributed by atoms with Crippen LogP contribution >= 0.6 is 0 Å². The molecule has 0 saturated carbocycles. The summed E-state index contributed by atoms with van der Waals surface area (Å²) in [6, 6.07) is 5.91. The van der Waals surface area contributed by atoms with Gasteiger partial charge in [0.15, 0.2) is 11.5 Å². The zero-order valence-corrected chi connectivity index (χ0v) is 10.8. The zero-order valence-electron chi connectivity index (χ0n) is 10.8. The third-order valence-corrected chi connectivity index (χ3v) is 3.58. The number of carbonyl (C=O) groups is 1. The Morgan fingerprint density at radius 2 is 2.26 bits per heavy atom. The van der Waals surface area contributed by atoms with Crippen molar-refractivity contribution in [1.82, 2.24) is 10.6 Å². The second kappa shape index (κ2) is 5.48. The van der Waals surface area contributed by atoms with Crippen LogP contribution in [0.5, 0.6) is 11.5 Å². The van der Waals surface area contributed by atoms with Crippen LogP contribution in [0.4, 0.5) is 0 Å². The van der Waals surface area contributed by atoms with Gasteiger partial charge in [0, 0.05) is 13.1 Å². The number of fused-ring (bicyclic) bond motifs is 1. The topological polar surface area (TPSA) is 59.6 Å². The van der Waals surface area contributed by atoms with Gasteiger partial charge in [-0.25, -0.2) is 0 Å². The van der Waals surface area contributed by atoms with E-state index in [0.717, 1.165) is 43.0 Å². The largest absolute Gasteiger partial charge is 0.454 e. The molecule has 0 spiro atoms. The predicted octanol–water partition coefficient (Wildman–Crippen LogP) is 0.683. The summed E-state index contributed by atoms with van der Waals surface area (Å²) >= 11 is 0. The van der Waals surface area contributed by atoms with Crippen molar-refractivity contribution in [3.05, 3.63) is 23.8 Å². The molecule has 0 bridgehead atoms. The fourth-order valence-corrected chi connectivity index (χ4v) is 2.45. The molecule has 0 aromatic heterocycles. The molecule has 5 heteroatoms. The second-order valence-corrected chi connectivity index (χ2v) is 4.92. The maximum Gasteiger partial charge on any atom is 0.231 e. The minimum absolute atomic E-state index is 0.136. The van der Waals surface area contributed by atoms with Gasteiger partial charge >= 0.3 is 0 Å². The number of benzene rings is 1. The fraction of sp³-hybridized carbons (Fsp3) is 0.500. The molecule has 1 unspecified atom stereocenters. The number of ether oxygens (including phenoxy) is 2. The van der Waals surface area contributed by atoms with Crippen molar-refractivity contribution in [2.75, 3.05) is 26.4 Å². The first kappa shape index (κ1) is 12.3. The highest BCUT2D eigenvalue weighted by molar-refractivity contribution is 5.79. The first-order chi connectivity index (χ1) is 9.33. The molecule has 102 valence electrons. The Bertz CT molecular complexity index is 470. The van der Waals surface area contributed by atoms with Crippen molar-refractivity contribution in [2.24, 2.45) is 5.92 Å². The highest BCUT2D eigenvalue weighted by atomic mass is 16.7. The zero-order chi connectivity index (χ0) is 13.1. The average Bonchev–Trinajstić information content (AvgIpc) is 3.09. The summed E-state index contributed by atoms with van der Waals surface area (Å²) in [4.78, 5) is 11.8. The highest BCUT2D eigenvalue weighted by Gasteiger charge is 2.21. The lowest BCUT2D eigenvalue weighted by Gasteiger charge is -2.10.